The van der Waals surface area contributed by atoms with Gasteiger partial charge in [0.05, 0.1) is 7.11 Å². The molecule has 0 fully saturated rings. The molecular formula is C16H15FO3. The highest BCUT2D eigenvalue weighted by Gasteiger charge is 2.09. The van der Waals surface area contributed by atoms with Crippen molar-refractivity contribution in [2.45, 2.75) is 13.5 Å². The summed E-state index contributed by atoms with van der Waals surface area (Å²) in [6, 6.07) is 11.3. The summed E-state index contributed by atoms with van der Waals surface area (Å²) in [5, 5.41) is 0. The Balaban J connectivity index is 2.22. The molecule has 2 rings (SSSR count). The number of Topliss-reactive ketones (excluding diaryl/α,β-unsaturated/α-hetero) is 1. The summed E-state index contributed by atoms with van der Waals surface area (Å²) in [4.78, 5) is 11.4. The predicted octanol–water partition coefficient (Wildman–Crippen LogP) is 3.62. The number of rotatable bonds is 5. The lowest BCUT2D eigenvalue weighted by molar-refractivity contribution is 0.101. The molecular weight excluding hydrogens is 259 g/mol. The minimum atomic E-state index is -0.422. The number of halogens is 1. The van der Waals surface area contributed by atoms with Crippen LogP contribution < -0.4 is 9.47 Å². The van der Waals surface area contributed by atoms with Crippen molar-refractivity contribution in [2.24, 2.45) is 0 Å². The van der Waals surface area contributed by atoms with Gasteiger partial charge in [0.25, 0.3) is 0 Å². The van der Waals surface area contributed by atoms with Crippen molar-refractivity contribution in [1.29, 1.82) is 0 Å². The second-order valence-corrected chi connectivity index (χ2v) is 4.30. The van der Waals surface area contributed by atoms with E-state index in [9.17, 15) is 9.18 Å². The number of hydrogen-bond donors (Lipinski definition) is 0. The lowest BCUT2D eigenvalue weighted by atomic mass is 10.1. The molecule has 0 aliphatic heterocycles. The van der Waals surface area contributed by atoms with Gasteiger partial charge in [-0.05, 0) is 37.3 Å². The smallest absolute Gasteiger partial charge is 0.165 e. The van der Waals surface area contributed by atoms with Crippen LogP contribution in [-0.2, 0) is 6.61 Å². The van der Waals surface area contributed by atoms with E-state index in [2.05, 4.69) is 0 Å². The summed E-state index contributed by atoms with van der Waals surface area (Å²) in [5.41, 5.74) is 1.27. The molecule has 0 saturated carbocycles. The van der Waals surface area contributed by atoms with Gasteiger partial charge in [0.15, 0.2) is 17.3 Å². The first-order valence-electron chi connectivity index (χ1n) is 6.17. The van der Waals surface area contributed by atoms with Crippen LogP contribution >= 0.6 is 0 Å². The lowest BCUT2D eigenvalue weighted by Crippen LogP contribution is -2.02. The zero-order chi connectivity index (χ0) is 14.5. The third-order valence-electron chi connectivity index (χ3n) is 2.91. The molecule has 0 aromatic heterocycles. The number of ketones is 1. The molecule has 0 bridgehead atoms. The first-order valence-corrected chi connectivity index (χ1v) is 6.17. The van der Waals surface area contributed by atoms with Crippen LogP contribution in [0.5, 0.6) is 11.5 Å². The SMILES string of the molecule is COc1ccc(C(C)=O)cc1COc1ccccc1F. The van der Waals surface area contributed by atoms with E-state index in [0.29, 0.717) is 16.9 Å². The van der Waals surface area contributed by atoms with Gasteiger partial charge in [-0.15, -0.1) is 0 Å². The van der Waals surface area contributed by atoms with E-state index in [4.69, 9.17) is 9.47 Å². The molecule has 3 nitrogen and oxygen atoms in total. The van der Waals surface area contributed by atoms with Crippen LogP contribution in [0.15, 0.2) is 42.5 Å². The van der Waals surface area contributed by atoms with Crippen molar-refractivity contribution in [3.63, 3.8) is 0 Å². The fourth-order valence-electron chi connectivity index (χ4n) is 1.83. The average Bonchev–Trinajstić information content (AvgIpc) is 2.46. The summed E-state index contributed by atoms with van der Waals surface area (Å²) in [5.74, 6) is 0.308. The van der Waals surface area contributed by atoms with Crippen LogP contribution in [0.4, 0.5) is 4.39 Å². The molecule has 0 atom stereocenters. The molecule has 2 aromatic rings. The minimum absolute atomic E-state index is 0.0419. The van der Waals surface area contributed by atoms with Crippen LogP contribution in [0.2, 0.25) is 0 Å². The zero-order valence-corrected chi connectivity index (χ0v) is 11.4. The predicted molar refractivity (Wildman–Crippen MR) is 73.7 cm³/mol. The average molecular weight is 274 g/mol. The van der Waals surface area contributed by atoms with Crippen molar-refractivity contribution in [3.8, 4) is 11.5 Å². The van der Waals surface area contributed by atoms with E-state index in [-0.39, 0.29) is 18.1 Å². The molecule has 20 heavy (non-hydrogen) atoms. The van der Waals surface area contributed by atoms with Gasteiger partial charge in [-0.2, -0.15) is 0 Å². The van der Waals surface area contributed by atoms with Crippen molar-refractivity contribution in [2.75, 3.05) is 7.11 Å². The number of hydrogen-bond acceptors (Lipinski definition) is 3. The number of para-hydroxylation sites is 1. The van der Waals surface area contributed by atoms with Crippen molar-refractivity contribution in [1.82, 2.24) is 0 Å². The fraction of sp³-hybridized carbons (Fsp3) is 0.188. The van der Waals surface area contributed by atoms with Gasteiger partial charge < -0.3 is 9.47 Å². The Morgan fingerprint density at radius 1 is 1.15 bits per heavy atom. The van der Waals surface area contributed by atoms with Gasteiger partial charge in [0.1, 0.15) is 12.4 Å². The maximum atomic E-state index is 13.5. The Morgan fingerprint density at radius 3 is 2.55 bits per heavy atom. The number of methoxy groups -OCH3 is 1. The molecule has 0 aliphatic rings. The van der Waals surface area contributed by atoms with E-state index < -0.39 is 5.82 Å². The maximum Gasteiger partial charge on any atom is 0.165 e. The van der Waals surface area contributed by atoms with Crippen LogP contribution in [-0.4, -0.2) is 12.9 Å². The van der Waals surface area contributed by atoms with Crippen molar-refractivity contribution in [3.05, 3.63) is 59.4 Å². The molecule has 4 heteroatoms. The second kappa shape index (κ2) is 6.19. The molecule has 0 heterocycles. The van der Waals surface area contributed by atoms with Crippen molar-refractivity contribution < 1.29 is 18.7 Å². The molecule has 0 unspecified atom stereocenters. The minimum Gasteiger partial charge on any atom is -0.496 e. The molecule has 0 radical (unpaired) electrons. The van der Waals surface area contributed by atoms with Crippen LogP contribution in [0, 0.1) is 5.82 Å². The standard InChI is InChI=1S/C16H15FO3/c1-11(18)12-7-8-15(19-2)13(9-12)10-20-16-6-4-3-5-14(16)17/h3-9H,10H2,1-2H3. The summed E-state index contributed by atoms with van der Waals surface area (Å²) < 4.78 is 24.1. The molecule has 0 spiro atoms. The van der Waals surface area contributed by atoms with Crippen LogP contribution in [0.1, 0.15) is 22.8 Å². The third-order valence-corrected chi connectivity index (χ3v) is 2.91. The number of ether oxygens (including phenoxy) is 2. The third kappa shape index (κ3) is 3.15. The highest BCUT2D eigenvalue weighted by atomic mass is 19.1. The summed E-state index contributed by atoms with van der Waals surface area (Å²) in [6.45, 7) is 1.62. The van der Waals surface area contributed by atoms with Gasteiger partial charge in [0, 0.05) is 11.1 Å². The topological polar surface area (TPSA) is 35.5 Å². The maximum absolute atomic E-state index is 13.5. The quantitative estimate of drug-likeness (QED) is 0.781. The first-order chi connectivity index (χ1) is 9.61. The van der Waals surface area contributed by atoms with Gasteiger partial charge in [-0.25, -0.2) is 4.39 Å². The van der Waals surface area contributed by atoms with Gasteiger partial charge in [-0.3, -0.25) is 4.79 Å². The molecule has 0 amide bonds. The molecule has 0 aliphatic carbocycles. The van der Waals surface area contributed by atoms with E-state index in [1.165, 1.54) is 20.1 Å². The van der Waals surface area contributed by atoms with Gasteiger partial charge in [-0.1, -0.05) is 12.1 Å². The van der Waals surface area contributed by atoms with E-state index in [1.807, 2.05) is 0 Å². The Bertz CT molecular complexity index is 623. The summed E-state index contributed by atoms with van der Waals surface area (Å²) in [7, 11) is 1.54. The Hall–Kier alpha value is -2.36. The normalized spacial score (nSPS) is 10.2. The highest BCUT2D eigenvalue weighted by molar-refractivity contribution is 5.94. The first kappa shape index (κ1) is 14.1. The molecule has 0 N–H and O–H groups in total. The van der Waals surface area contributed by atoms with Gasteiger partial charge in [0.2, 0.25) is 0 Å². The second-order valence-electron chi connectivity index (χ2n) is 4.30. The van der Waals surface area contributed by atoms with Crippen LogP contribution in [0.3, 0.4) is 0 Å². The Labute approximate surface area is 117 Å². The number of carbonyl (C=O) groups excluding carboxylic acids is 1. The number of benzene rings is 2. The van der Waals surface area contributed by atoms with Gasteiger partial charge >= 0.3 is 0 Å². The monoisotopic (exact) mass is 274 g/mol. The highest BCUT2D eigenvalue weighted by Crippen LogP contribution is 2.23. The number of carbonyl (C=O) groups is 1. The van der Waals surface area contributed by atoms with E-state index in [1.54, 1.807) is 36.4 Å². The molecule has 0 saturated heterocycles. The van der Waals surface area contributed by atoms with Crippen LogP contribution in [0.25, 0.3) is 0 Å². The van der Waals surface area contributed by atoms with E-state index in [0.717, 1.165) is 0 Å². The van der Waals surface area contributed by atoms with E-state index >= 15 is 0 Å². The largest absolute Gasteiger partial charge is 0.496 e. The fourth-order valence-corrected chi connectivity index (χ4v) is 1.83. The zero-order valence-electron chi connectivity index (χ0n) is 11.4. The molecule has 104 valence electrons. The lowest BCUT2D eigenvalue weighted by Gasteiger charge is -2.11. The molecule has 2 aromatic carbocycles. The van der Waals surface area contributed by atoms with Crippen molar-refractivity contribution >= 4 is 5.78 Å². The Kier molecular flexibility index (Phi) is 4.35. The summed E-state index contributed by atoms with van der Waals surface area (Å²) >= 11 is 0. The summed E-state index contributed by atoms with van der Waals surface area (Å²) in [6.07, 6.45) is 0. The Morgan fingerprint density at radius 2 is 1.90 bits per heavy atom.